The van der Waals surface area contributed by atoms with E-state index in [0.29, 0.717) is 11.4 Å². The summed E-state index contributed by atoms with van der Waals surface area (Å²) in [6.45, 7) is 1.69. The average molecular weight is 297 g/mol. The fraction of sp³-hybridized carbons (Fsp3) is 0.0909. The first-order chi connectivity index (χ1) is 8.06. The smallest absolute Gasteiger partial charge is 0.277 e. The predicted octanol–water partition coefficient (Wildman–Crippen LogP) is 2.70. The van der Waals surface area contributed by atoms with Crippen LogP contribution in [0.3, 0.4) is 0 Å². The topological polar surface area (TPSA) is 75.4 Å². The Kier molecular flexibility index (Phi) is 3.14. The predicted molar refractivity (Wildman–Crippen MR) is 65.0 cm³/mol. The van der Waals surface area contributed by atoms with Crippen LogP contribution in [0, 0.1) is 6.92 Å². The van der Waals surface area contributed by atoms with E-state index in [2.05, 4.69) is 26.4 Å². The number of aryl methyl sites for hydroxylation is 1. The van der Waals surface area contributed by atoms with Crippen LogP contribution in [0.25, 0.3) is 0 Å². The highest BCUT2D eigenvalue weighted by Gasteiger charge is 2.13. The number of halogens is 1. The molecule has 0 radical (unpaired) electrons. The van der Waals surface area contributed by atoms with Crippen molar-refractivity contribution >= 4 is 27.5 Å². The molecule has 1 aromatic heterocycles. The molecule has 0 spiro atoms. The summed E-state index contributed by atoms with van der Waals surface area (Å²) in [7, 11) is 0. The molecule has 1 heterocycles. The van der Waals surface area contributed by atoms with Gasteiger partial charge in [0.15, 0.2) is 5.69 Å². The normalized spacial score (nSPS) is 10.2. The molecule has 6 heteroatoms. The number of anilines is 1. The van der Waals surface area contributed by atoms with Gasteiger partial charge in [-0.2, -0.15) is 0 Å². The maximum atomic E-state index is 11.7. The maximum absolute atomic E-state index is 11.7. The second kappa shape index (κ2) is 4.58. The van der Waals surface area contributed by atoms with Gasteiger partial charge in [-0.3, -0.25) is 4.79 Å². The van der Waals surface area contributed by atoms with Crippen LogP contribution in [-0.4, -0.2) is 16.2 Å². The van der Waals surface area contributed by atoms with Gasteiger partial charge in [0.05, 0.1) is 5.69 Å². The summed E-state index contributed by atoms with van der Waals surface area (Å²) in [5.74, 6) is 0.102. The van der Waals surface area contributed by atoms with Crippen LogP contribution in [0.15, 0.2) is 33.3 Å². The second-order valence-corrected chi connectivity index (χ2v) is 4.35. The summed E-state index contributed by atoms with van der Waals surface area (Å²) >= 11 is 3.25. The van der Waals surface area contributed by atoms with E-state index >= 15 is 0 Å². The summed E-state index contributed by atoms with van der Waals surface area (Å²) in [6.07, 6.45) is 0. The van der Waals surface area contributed by atoms with Gasteiger partial charge >= 0.3 is 0 Å². The molecule has 88 valence electrons. The van der Waals surface area contributed by atoms with E-state index in [0.717, 1.165) is 4.47 Å². The van der Waals surface area contributed by atoms with Gasteiger partial charge in [0.1, 0.15) is 11.5 Å². The lowest BCUT2D eigenvalue weighted by Crippen LogP contribution is -2.12. The molecule has 0 bridgehead atoms. The van der Waals surface area contributed by atoms with Crippen LogP contribution in [0.1, 0.15) is 16.2 Å². The number of phenolic OH excluding ortho intramolecular Hbond substituents is 1. The van der Waals surface area contributed by atoms with Crippen LogP contribution in [0.5, 0.6) is 5.75 Å². The molecule has 0 atom stereocenters. The first-order valence-electron chi connectivity index (χ1n) is 4.79. The van der Waals surface area contributed by atoms with Gasteiger partial charge in [-0.15, -0.1) is 0 Å². The van der Waals surface area contributed by atoms with Crippen molar-refractivity contribution in [3.63, 3.8) is 0 Å². The SMILES string of the molecule is Cc1cc(C(=O)Nc2cc(Br)ccc2O)no1. The standard InChI is InChI=1S/C11H9BrN2O3/c1-6-4-9(14-17-6)11(16)13-8-5-7(12)2-3-10(8)15/h2-5,15H,1H3,(H,13,16). The number of rotatable bonds is 2. The molecule has 0 unspecified atom stereocenters. The van der Waals surface area contributed by atoms with E-state index in [-0.39, 0.29) is 11.4 Å². The van der Waals surface area contributed by atoms with E-state index in [1.807, 2.05) is 0 Å². The molecule has 17 heavy (non-hydrogen) atoms. The van der Waals surface area contributed by atoms with Crippen molar-refractivity contribution in [2.24, 2.45) is 0 Å². The van der Waals surface area contributed by atoms with E-state index in [1.165, 1.54) is 12.1 Å². The number of amides is 1. The monoisotopic (exact) mass is 296 g/mol. The number of carbonyl (C=O) groups excluding carboxylic acids is 1. The lowest BCUT2D eigenvalue weighted by atomic mass is 10.3. The molecule has 0 aliphatic heterocycles. The highest BCUT2D eigenvalue weighted by molar-refractivity contribution is 9.10. The van der Waals surface area contributed by atoms with Gasteiger partial charge < -0.3 is 14.9 Å². The van der Waals surface area contributed by atoms with Crippen LogP contribution < -0.4 is 5.32 Å². The minimum absolute atomic E-state index is 0.0123. The number of carbonyl (C=O) groups is 1. The minimum atomic E-state index is -0.435. The molecular formula is C11H9BrN2O3. The molecule has 5 nitrogen and oxygen atoms in total. The Labute approximate surface area is 106 Å². The number of nitrogens with zero attached hydrogens (tertiary/aromatic N) is 1. The van der Waals surface area contributed by atoms with Crippen molar-refractivity contribution in [3.8, 4) is 5.75 Å². The van der Waals surface area contributed by atoms with Gasteiger partial charge in [0.25, 0.3) is 5.91 Å². The fourth-order valence-corrected chi connectivity index (χ4v) is 1.63. The van der Waals surface area contributed by atoms with Gasteiger partial charge in [-0.25, -0.2) is 0 Å². The van der Waals surface area contributed by atoms with E-state index < -0.39 is 5.91 Å². The van der Waals surface area contributed by atoms with Crippen LogP contribution in [-0.2, 0) is 0 Å². The summed E-state index contributed by atoms with van der Waals surface area (Å²) in [6, 6.07) is 6.27. The van der Waals surface area contributed by atoms with Crippen LogP contribution in [0.2, 0.25) is 0 Å². The summed E-state index contributed by atoms with van der Waals surface area (Å²) in [5, 5.41) is 15.7. The number of aromatic nitrogens is 1. The summed E-state index contributed by atoms with van der Waals surface area (Å²) in [5.41, 5.74) is 0.479. The highest BCUT2D eigenvalue weighted by atomic mass is 79.9. The molecule has 0 saturated carbocycles. The Balaban J connectivity index is 2.21. The first kappa shape index (κ1) is 11.7. The van der Waals surface area contributed by atoms with Crippen LogP contribution in [0.4, 0.5) is 5.69 Å². The molecule has 1 aromatic carbocycles. The van der Waals surface area contributed by atoms with Gasteiger partial charge in [-0.05, 0) is 25.1 Å². The van der Waals surface area contributed by atoms with E-state index in [9.17, 15) is 9.90 Å². The average Bonchev–Trinajstić information content (AvgIpc) is 2.70. The van der Waals surface area contributed by atoms with E-state index in [4.69, 9.17) is 4.52 Å². The lowest BCUT2D eigenvalue weighted by Gasteiger charge is -2.05. The number of phenols is 1. The summed E-state index contributed by atoms with van der Waals surface area (Å²) < 4.78 is 5.55. The van der Waals surface area contributed by atoms with Gasteiger partial charge in [-0.1, -0.05) is 21.1 Å². The van der Waals surface area contributed by atoms with Crippen LogP contribution >= 0.6 is 15.9 Å². The molecule has 2 aromatic rings. The van der Waals surface area contributed by atoms with Gasteiger partial charge in [0.2, 0.25) is 0 Å². The molecule has 2 rings (SSSR count). The first-order valence-corrected chi connectivity index (χ1v) is 5.59. The Hall–Kier alpha value is -1.82. The third-order valence-electron chi connectivity index (χ3n) is 2.07. The van der Waals surface area contributed by atoms with E-state index in [1.54, 1.807) is 19.1 Å². The maximum Gasteiger partial charge on any atom is 0.277 e. The molecular weight excluding hydrogens is 288 g/mol. The number of hydrogen-bond donors (Lipinski definition) is 2. The highest BCUT2D eigenvalue weighted by Crippen LogP contribution is 2.27. The number of hydrogen-bond acceptors (Lipinski definition) is 4. The molecule has 0 fully saturated rings. The minimum Gasteiger partial charge on any atom is -0.506 e. The molecule has 2 N–H and O–H groups in total. The van der Waals surface area contributed by atoms with Crippen molar-refractivity contribution in [1.82, 2.24) is 5.16 Å². The third kappa shape index (κ3) is 2.65. The zero-order chi connectivity index (χ0) is 12.4. The number of benzene rings is 1. The lowest BCUT2D eigenvalue weighted by molar-refractivity contribution is 0.101. The largest absolute Gasteiger partial charge is 0.506 e. The zero-order valence-corrected chi connectivity index (χ0v) is 10.5. The fourth-order valence-electron chi connectivity index (χ4n) is 1.27. The quantitative estimate of drug-likeness (QED) is 0.836. The molecule has 1 amide bonds. The molecule has 0 saturated heterocycles. The van der Waals surface area contributed by atoms with Crippen molar-refractivity contribution in [1.29, 1.82) is 0 Å². The summed E-state index contributed by atoms with van der Waals surface area (Å²) in [4.78, 5) is 11.7. The third-order valence-corrected chi connectivity index (χ3v) is 2.56. The zero-order valence-electron chi connectivity index (χ0n) is 8.90. The molecule has 0 aliphatic carbocycles. The second-order valence-electron chi connectivity index (χ2n) is 3.44. The Bertz CT molecular complexity index is 566. The Morgan fingerprint density at radius 1 is 1.47 bits per heavy atom. The van der Waals surface area contributed by atoms with Crippen molar-refractivity contribution in [2.45, 2.75) is 6.92 Å². The van der Waals surface area contributed by atoms with Crippen molar-refractivity contribution in [3.05, 3.63) is 40.2 Å². The van der Waals surface area contributed by atoms with Crippen molar-refractivity contribution < 1.29 is 14.4 Å². The molecule has 0 aliphatic rings. The number of aromatic hydroxyl groups is 1. The van der Waals surface area contributed by atoms with Gasteiger partial charge in [0, 0.05) is 10.5 Å². The number of nitrogens with one attached hydrogen (secondary N) is 1. The Morgan fingerprint density at radius 3 is 2.88 bits per heavy atom. The Morgan fingerprint density at radius 2 is 2.24 bits per heavy atom. The van der Waals surface area contributed by atoms with Crippen molar-refractivity contribution in [2.75, 3.05) is 5.32 Å².